The van der Waals surface area contributed by atoms with E-state index in [1.807, 2.05) is 6.07 Å². The molecule has 7 nitrogen and oxygen atoms in total. The molecule has 0 saturated carbocycles. The molecule has 2 aromatic carbocycles. The van der Waals surface area contributed by atoms with E-state index >= 15 is 0 Å². The summed E-state index contributed by atoms with van der Waals surface area (Å²) < 4.78 is 13.1. The van der Waals surface area contributed by atoms with Crippen molar-refractivity contribution in [2.24, 2.45) is 0 Å². The van der Waals surface area contributed by atoms with Crippen LogP contribution in [0.15, 0.2) is 54.6 Å². The van der Waals surface area contributed by atoms with Crippen LogP contribution in [-0.4, -0.2) is 71.3 Å². The van der Waals surface area contributed by atoms with Crippen LogP contribution in [0.2, 0.25) is 0 Å². The number of likely N-dealkylation sites (tertiary alicyclic amines) is 1. The Labute approximate surface area is 188 Å². The van der Waals surface area contributed by atoms with E-state index in [-0.39, 0.29) is 37.5 Å². The lowest BCUT2D eigenvalue weighted by Crippen LogP contribution is -2.49. The average Bonchev–Trinajstić information content (AvgIpc) is 2.81. The van der Waals surface area contributed by atoms with E-state index in [1.165, 1.54) is 17.7 Å². The van der Waals surface area contributed by atoms with Gasteiger partial charge in [-0.2, -0.15) is 0 Å². The lowest BCUT2D eigenvalue weighted by molar-refractivity contribution is -0.122. The molecule has 0 unspecified atom stereocenters. The van der Waals surface area contributed by atoms with E-state index in [9.17, 15) is 14.3 Å². The van der Waals surface area contributed by atoms with Gasteiger partial charge in [0, 0.05) is 38.8 Å². The molecule has 8 heteroatoms. The number of nitrogens with one attached hydrogen (secondary N) is 1. The SMILES string of the molecule is O=C(NC1CCN(CCc2ccccc2)CC1)N(CCO)Cc1ccc(F)cc1.O=CO. The summed E-state index contributed by atoms with van der Waals surface area (Å²) in [6.45, 7) is 3.21. The Kier molecular flexibility index (Phi) is 11.2. The van der Waals surface area contributed by atoms with Gasteiger partial charge < -0.3 is 25.3 Å². The average molecular weight is 446 g/mol. The van der Waals surface area contributed by atoms with Crippen molar-refractivity contribution in [2.75, 3.05) is 32.8 Å². The van der Waals surface area contributed by atoms with E-state index in [0.717, 1.165) is 44.5 Å². The van der Waals surface area contributed by atoms with Gasteiger partial charge in [0.2, 0.25) is 0 Å². The van der Waals surface area contributed by atoms with Gasteiger partial charge in [0.25, 0.3) is 6.47 Å². The number of hydrogen-bond donors (Lipinski definition) is 3. The van der Waals surface area contributed by atoms with Crippen LogP contribution in [0.25, 0.3) is 0 Å². The van der Waals surface area contributed by atoms with Gasteiger partial charge in [0.1, 0.15) is 5.82 Å². The largest absolute Gasteiger partial charge is 0.483 e. The number of piperidine rings is 1. The Bertz CT molecular complexity index is 797. The third kappa shape index (κ3) is 9.03. The molecule has 1 heterocycles. The summed E-state index contributed by atoms with van der Waals surface area (Å²) in [5, 5.41) is 19.3. The molecular weight excluding hydrogens is 413 g/mol. The van der Waals surface area contributed by atoms with Crippen LogP contribution >= 0.6 is 0 Å². The number of urea groups is 1. The fourth-order valence-electron chi connectivity index (χ4n) is 3.68. The maximum atomic E-state index is 13.1. The van der Waals surface area contributed by atoms with Crippen LogP contribution in [0.3, 0.4) is 0 Å². The number of aliphatic hydroxyl groups is 1. The molecule has 3 N–H and O–H groups in total. The summed E-state index contributed by atoms with van der Waals surface area (Å²) in [6.07, 6.45) is 2.88. The molecule has 0 bridgehead atoms. The molecule has 0 aliphatic carbocycles. The number of carbonyl (C=O) groups excluding carboxylic acids is 1. The summed E-state index contributed by atoms with van der Waals surface area (Å²) >= 11 is 0. The molecule has 1 saturated heterocycles. The predicted molar refractivity (Wildman–Crippen MR) is 121 cm³/mol. The van der Waals surface area contributed by atoms with Crippen LogP contribution in [0.1, 0.15) is 24.0 Å². The Hall–Kier alpha value is -2.97. The van der Waals surface area contributed by atoms with Gasteiger partial charge >= 0.3 is 6.03 Å². The fraction of sp³-hybridized carbons (Fsp3) is 0.417. The van der Waals surface area contributed by atoms with Crippen LogP contribution < -0.4 is 5.32 Å². The highest BCUT2D eigenvalue weighted by atomic mass is 19.1. The van der Waals surface area contributed by atoms with Gasteiger partial charge in [-0.05, 0) is 42.5 Å². The van der Waals surface area contributed by atoms with Crippen molar-refractivity contribution in [1.82, 2.24) is 15.1 Å². The van der Waals surface area contributed by atoms with E-state index in [0.29, 0.717) is 6.54 Å². The molecule has 2 amide bonds. The summed E-state index contributed by atoms with van der Waals surface area (Å²) in [5.41, 5.74) is 2.19. The van der Waals surface area contributed by atoms with Gasteiger partial charge in [0.05, 0.1) is 6.61 Å². The second kappa shape index (κ2) is 14.2. The third-order valence-electron chi connectivity index (χ3n) is 5.42. The van der Waals surface area contributed by atoms with Gasteiger partial charge in [-0.3, -0.25) is 4.79 Å². The van der Waals surface area contributed by atoms with E-state index in [2.05, 4.69) is 34.5 Å². The number of carbonyl (C=O) groups is 2. The van der Waals surface area contributed by atoms with Crippen molar-refractivity contribution in [3.05, 3.63) is 71.5 Å². The van der Waals surface area contributed by atoms with Crippen LogP contribution in [0, 0.1) is 5.82 Å². The molecule has 174 valence electrons. The van der Waals surface area contributed by atoms with Gasteiger partial charge in [-0.25, -0.2) is 9.18 Å². The minimum atomic E-state index is -0.300. The first-order valence-electron chi connectivity index (χ1n) is 10.8. The molecular formula is C24H32FN3O4. The lowest BCUT2D eigenvalue weighted by atomic mass is 10.0. The van der Waals surface area contributed by atoms with Crippen LogP contribution in [0.5, 0.6) is 0 Å². The van der Waals surface area contributed by atoms with Crippen molar-refractivity contribution in [2.45, 2.75) is 31.8 Å². The van der Waals surface area contributed by atoms with Crippen LogP contribution in [0.4, 0.5) is 9.18 Å². The fourth-order valence-corrected chi connectivity index (χ4v) is 3.68. The highest BCUT2D eigenvalue weighted by molar-refractivity contribution is 5.74. The summed E-state index contributed by atoms with van der Waals surface area (Å²) in [7, 11) is 0. The molecule has 1 aliphatic rings. The maximum Gasteiger partial charge on any atom is 0.317 e. The Morgan fingerprint density at radius 1 is 1.09 bits per heavy atom. The second-order valence-corrected chi connectivity index (χ2v) is 7.68. The van der Waals surface area contributed by atoms with Gasteiger partial charge in [-0.1, -0.05) is 42.5 Å². The van der Waals surface area contributed by atoms with Gasteiger partial charge in [-0.15, -0.1) is 0 Å². The normalized spacial score (nSPS) is 14.2. The molecule has 2 aromatic rings. The monoisotopic (exact) mass is 445 g/mol. The Morgan fingerprint density at radius 3 is 2.31 bits per heavy atom. The molecule has 0 atom stereocenters. The van der Waals surface area contributed by atoms with E-state index in [4.69, 9.17) is 9.90 Å². The molecule has 3 rings (SSSR count). The highest BCUT2D eigenvalue weighted by Gasteiger charge is 2.23. The number of benzene rings is 2. The van der Waals surface area contributed by atoms with Crippen molar-refractivity contribution >= 4 is 12.5 Å². The zero-order valence-corrected chi connectivity index (χ0v) is 18.2. The topological polar surface area (TPSA) is 93.1 Å². The number of hydrogen-bond acceptors (Lipinski definition) is 4. The van der Waals surface area contributed by atoms with Crippen molar-refractivity contribution in [3.63, 3.8) is 0 Å². The zero-order chi connectivity index (χ0) is 23.2. The molecule has 32 heavy (non-hydrogen) atoms. The molecule has 0 radical (unpaired) electrons. The molecule has 0 spiro atoms. The second-order valence-electron chi connectivity index (χ2n) is 7.68. The highest BCUT2D eigenvalue weighted by Crippen LogP contribution is 2.13. The third-order valence-corrected chi connectivity index (χ3v) is 5.42. The first-order chi connectivity index (χ1) is 15.5. The zero-order valence-electron chi connectivity index (χ0n) is 18.2. The smallest absolute Gasteiger partial charge is 0.317 e. The van der Waals surface area contributed by atoms with Gasteiger partial charge in [0.15, 0.2) is 0 Å². The summed E-state index contributed by atoms with van der Waals surface area (Å²) in [5.74, 6) is -0.300. The first-order valence-corrected chi connectivity index (χ1v) is 10.8. The van der Waals surface area contributed by atoms with Crippen molar-refractivity contribution in [1.29, 1.82) is 0 Å². The molecule has 1 aliphatic heterocycles. The van der Waals surface area contributed by atoms with E-state index in [1.54, 1.807) is 17.0 Å². The number of nitrogens with zero attached hydrogens (tertiary/aromatic N) is 2. The quantitative estimate of drug-likeness (QED) is 0.544. The number of amides is 2. The lowest BCUT2D eigenvalue weighted by Gasteiger charge is -2.33. The van der Waals surface area contributed by atoms with Crippen LogP contribution in [-0.2, 0) is 17.8 Å². The minimum Gasteiger partial charge on any atom is -0.483 e. The number of rotatable bonds is 8. The number of halogens is 1. The molecule has 1 fully saturated rings. The molecule has 0 aromatic heterocycles. The predicted octanol–water partition coefficient (Wildman–Crippen LogP) is 2.74. The van der Waals surface area contributed by atoms with Crippen molar-refractivity contribution < 1.29 is 24.2 Å². The van der Waals surface area contributed by atoms with E-state index < -0.39 is 0 Å². The number of aliphatic hydroxyl groups excluding tert-OH is 1. The first kappa shape index (κ1) is 25.3. The Morgan fingerprint density at radius 2 is 1.72 bits per heavy atom. The maximum absolute atomic E-state index is 13.1. The number of carboxylic acid groups (broad SMARTS) is 1. The van der Waals surface area contributed by atoms with Crippen molar-refractivity contribution in [3.8, 4) is 0 Å². The minimum absolute atomic E-state index is 0.105. The summed E-state index contributed by atoms with van der Waals surface area (Å²) in [6, 6.07) is 16.6. The Balaban J connectivity index is 0.00000114. The summed E-state index contributed by atoms with van der Waals surface area (Å²) in [4.78, 5) is 25.1. The standard InChI is InChI=1S/C23H30FN3O2.CH2O2/c24-21-8-6-20(7-9-21)18-27(16-17-28)23(29)25-22-11-14-26(15-12-22)13-10-19-4-2-1-3-5-19;2-1-3/h1-9,22,28H,10-18H2,(H,25,29);1H,(H,2,3).